The smallest absolute Gasteiger partial charge is 0.143 e. The summed E-state index contributed by atoms with van der Waals surface area (Å²) in [6, 6.07) is 9.16. The van der Waals surface area contributed by atoms with Gasteiger partial charge in [0.1, 0.15) is 11.2 Å². The van der Waals surface area contributed by atoms with Crippen LogP contribution in [0.1, 0.15) is 23.3 Å². The lowest BCUT2D eigenvalue weighted by atomic mass is 10.0. The molecule has 2 nitrogen and oxygen atoms in total. The first-order valence-corrected chi connectivity index (χ1v) is 16.0. The van der Waals surface area contributed by atoms with E-state index in [0.717, 1.165) is 25.1 Å². The minimum absolute atomic E-state index is 0.113. The highest BCUT2D eigenvalue weighted by Gasteiger charge is 2.21. The summed E-state index contributed by atoms with van der Waals surface area (Å²) in [5.41, 5.74) is -2.58. The van der Waals surface area contributed by atoms with E-state index >= 15 is 0 Å². The van der Waals surface area contributed by atoms with E-state index in [1.807, 2.05) is 30.3 Å². The number of fused-ring (bicyclic) bond motifs is 8. The standard InChI is InChI=1S/C46H29NOS/c1-2-10-30(11-3-1)33-13-8-14-36(28-33)47(41-17-9-18-42-45(41)40-27-22-32-12-4-5-15-37(32)46(40)48-42)35-24-20-31(21-25-35)34-23-26-39-38-16-6-7-19-43(38)49-44(39)29-34/h1-29H/i4D,5D,8D,9D,12D,13D,14D,15D,17D,18D,20D,21D,22D,24D,25D,27D,28D. The first-order valence-electron chi connectivity index (χ1n) is 23.7. The molecule has 0 fully saturated rings. The SMILES string of the molecule is [2H]c1c([2H])c(-c2ccccc2)c([2H])c(N(c2c([2H])c([2H])c(-c3ccc4c(c3)sc3ccccc34)c([2H])c2[2H])c2c([2H])c([2H])c([2H])c3oc4c5c([2H])c([2H])c([2H])c([2H])c5c([2H])c([2H])c4c23)c1[2H]. The fourth-order valence-electron chi connectivity index (χ4n) is 6.09. The molecule has 230 valence electrons. The molecule has 0 amide bonds. The van der Waals surface area contributed by atoms with Gasteiger partial charge >= 0.3 is 0 Å². The number of rotatable bonds is 5. The van der Waals surface area contributed by atoms with Gasteiger partial charge in [-0.2, -0.15) is 0 Å². The molecule has 0 N–H and O–H groups in total. The van der Waals surface area contributed by atoms with Gasteiger partial charge in [-0.3, -0.25) is 0 Å². The van der Waals surface area contributed by atoms with E-state index in [-0.39, 0.29) is 32.8 Å². The van der Waals surface area contributed by atoms with Gasteiger partial charge in [-0.05, 0) is 82.1 Å². The van der Waals surface area contributed by atoms with Gasteiger partial charge in [0, 0.05) is 42.3 Å². The normalized spacial score (nSPS) is 16.5. The maximum Gasteiger partial charge on any atom is 0.143 e. The van der Waals surface area contributed by atoms with E-state index in [0.29, 0.717) is 5.56 Å². The Balaban J connectivity index is 1.39. The Bertz CT molecular complexity index is 3780. The molecule has 49 heavy (non-hydrogen) atoms. The molecule has 0 saturated carbocycles. The second-order valence-electron chi connectivity index (χ2n) is 11.2. The Labute approximate surface area is 311 Å². The summed E-state index contributed by atoms with van der Waals surface area (Å²) in [6.07, 6.45) is 0. The van der Waals surface area contributed by atoms with Crippen LogP contribution >= 0.6 is 11.3 Å². The van der Waals surface area contributed by atoms with Crippen LogP contribution in [-0.4, -0.2) is 0 Å². The summed E-state index contributed by atoms with van der Waals surface area (Å²) in [5, 5.41) is 0.367. The van der Waals surface area contributed by atoms with Crippen molar-refractivity contribution < 1.29 is 27.7 Å². The van der Waals surface area contributed by atoms with Crippen LogP contribution in [0.25, 0.3) is 75.1 Å². The fraction of sp³-hybridized carbons (Fsp3) is 0. The van der Waals surface area contributed by atoms with Crippen molar-refractivity contribution in [1.29, 1.82) is 0 Å². The van der Waals surface area contributed by atoms with E-state index in [1.165, 1.54) is 11.3 Å². The molecule has 0 aliphatic rings. The fourth-order valence-corrected chi connectivity index (χ4v) is 7.24. The van der Waals surface area contributed by atoms with Gasteiger partial charge in [0.2, 0.25) is 0 Å². The Morgan fingerprint density at radius 1 is 0.510 bits per heavy atom. The largest absolute Gasteiger partial charge is 0.455 e. The number of benzene rings is 8. The summed E-state index contributed by atoms with van der Waals surface area (Å²) < 4.78 is 164. The number of nitrogens with zero attached hydrogens (tertiary/aromatic N) is 1. The van der Waals surface area contributed by atoms with E-state index < -0.39 is 136 Å². The van der Waals surface area contributed by atoms with Crippen molar-refractivity contribution in [3.63, 3.8) is 0 Å². The number of furan rings is 1. The second-order valence-corrected chi connectivity index (χ2v) is 12.3. The molecule has 0 aliphatic carbocycles. The van der Waals surface area contributed by atoms with Gasteiger partial charge in [0.05, 0.1) is 34.4 Å². The van der Waals surface area contributed by atoms with Crippen molar-refractivity contribution >= 4 is 81.3 Å². The lowest BCUT2D eigenvalue weighted by molar-refractivity contribution is 0.672. The summed E-state index contributed by atoms with van der Waals surface area (Å²) in [4.78, 5) is 0.832. The molecule has 10 rings (SSSR count). The summed E-state index contributed by atoms with van der Waals surface area (Å²) in [6.45, 7) is 0. The summed E-state index contributed by atoms with van der Waals surface area (Å²) in [5.74, 6) is 0. The van der Waals surface area contributed by atoms with E-state index in [1.54, 1.807) is 42.5 Å². The van der Waals surface area contributed by atoms with E-state index in [4.69, 9.17) is 16.8 Å². The lowest BCUT2D eigenvalue weighted by Gasteiger charge is -2.27. The van der Waals surface area contributed by atoms with E-state index in [2.05, 4.69) is 0 Å². The minimum atomic E-state index is -0.853. The highest BCUT2D eigenvalue weighted by atomic mass is 32.1. The molecule has 0 aliphatic heterocycles. The van der Waals surface area contributed by atoms with Gasteiger partial charge < -0.3 is 9.32 Å². The predicted molar refractivity (Wildman–Crippen MR) is 210 cm³/mol. The zero-order chi connectivity index (χ0) is 47.1. The van der Waals surface area contributed by atoms with Crippen LogP contribution in [0.15, 0.2) is 180 Å². The second kappa shape index (κ2) is 11.2. The Morgan fingerprint density at radius 2 is 1.33 bits per heavy atom. The van der Waals surface area contributed by atoms with Crippen molar-refractivity contribution in [1.82, 2.24) is 0 Å². The number of thiophene rings is 1. The third-order valence-corrected chi connectivity index (χ3v) is 9.49. The van der Waals surface area contributed by atoms with Crippen molar-refractivity contribution in [3.8, 4) is 22.3 Å². The quantitative estimate of drug-likeness (QED) is 0.183. The maximum atomic E-state index is 9.72. The van der Waals surface area contributed by atoms with Crippen molar-refractivity contribution in [3.05, 3.63) is 176 Å². The molecule has 2 aromatic heterocycles. The van der Waals surface area contributed by atoms with Crippen molar-refractivity contribution in [2.45, 2.75) is 0 Å². The van der Waals surface area contributed by atoms with Crippen LogP contribution in [0.5, 0.6) is 0 Å². The first kappa shape index (κ1) is 15.8. The lowest BCUT2D eigenvalue weighted by Crippen LogP contribution is -2.10. The molecular formula is C46H29NOS. The average Bonchev–Trinajstić information content (AvgIpc) is 3.89. The number of anilines is 3. The Morgan fingerprint density at radius 3 is 2.24 bits per heavy atom. The topological polar surface area (TPSA) is 16.4 Å². The third kappa shape index (κ3) is 4.62. The van der Waals surface area contributed by atoms with Crippen LogP contribution in [0.3, 0.4) is 0 Å². The predicted octanol–water partition coefficient (Wildman–Crippen LogP) is 13.9. The average molecular weight is 661 g/mol. The number of hydrogen-bond donors (Lipinski definition) is 0. The molecule has 0 radical (unpaired) electrons. The molecule has 8 aromatic carbocycles. The van der Waals surface area contributed by atoms with E-state index in [9.17, 15) is 11.0 Å². The van der Waals surface area contributed by atoms with Gasteiger partial charge in [-0.15, -0.1) is 11.3 Å². The third-order valence-electron chi connectivity index (χ3n) is 8.35. The van der Waals surface area contributed by atoms with Gasteiger partial charge in [-0.25, -0.2) is 0 Å². The van der Waals surface area contributed by atoms with Crippen LogP contribution in [0, 0.1) is 0 Å². The molecular weight excluding hydrogens is 615 g/mol. The highest BCUT2D eigenvalue weighted by Crippen LogP contribution is 2.45. The zero-order valence-corrected chi connectivity index (χ0v) is 26.0. The molecule has 2 heterocycles. The summed E-state index contributed by atoms with van der Waals surface area (Å²) in [7, 11) is 0. The highest BCUT2D eigenvalue weighted by molar-refractivity contribution is 7.25. The van der Waals surface area contributed by atoms with Crippen LogP contribution in [0.2, 0.25) is 0 Å². The molecule has 3 heteroatoms. The molecule has 0 atom stereocenters. The van der Waals surface area contributed by atoms with Crippen LogP contribution in [-0.2, 0) is 0 Å². The Kier molecular flexibility index (Phi) is 3.63. The first-order chi connectivity index (χ1) is 31.4. The van der Waals surface area contributed by atoms with Crippen molar-refractivity contribution in [2.24, 2.45) is 0 Å². The molecule has 0 spiro atoms. The molecule has 0 unspecified atom stereocenters. The number of hydrogen-bond acceptors (Lipinski definition) is 3. The summed E-state index contributed by atoms with van der Waals surface area (Å²) >= 11 is 1.48. The monoisotopic (exact) mass is 660 g/mol. The van der Waals surface area contributed by atoms with Gasteiger partial charge in [-0.1, -0.05) is 121 Å². The van der Waals surface area contributed by atoms with Crippen LogP contribution < -0.4 is 4.90 Å². The zero-order valence-electron chi connectivity index (χ0n) is 42.2. The minimum Gasteiger partial charge on any atom is -0.455 e. The van der Waals surface area contributed by atoms with Crippen LogP contribution in [0.4, 0.5) is 17.1 Å². The molecule has 0 bridgehead atoms. The maximum absolute atomic E-state index is 9.72. The Hall–Kier alpha value is -6.16. The molecule has 0 saturated heterocycles. The molecule has 10 aromatic rings. The van der Waals surface area contributed by atoms with Gasteiger partial charge in [0.25, 0.3) is 0 Å². The van der Waals surface area contributed by atoms with Gasteiger partial charge in [0.15, 0.2) is 0 Å². The van der Waals surface area contributed by atoms with Crippen molar-refractivity contribution in [2.75, 3.05) is 4.90 Å².